The number of carbonyl (C=O) groups excluding carboxylic acids is 1. The summed E-state index contributed by atoms with van der Waals surface area (Å²) in [5.74, 6) is -0.112. The van der Waals surface area contributed by atoms with Crippen molar-refractivity contribution in [3.8, 4) is 0 Å². The normalized spacial score (nSPS) is 15.0. The summed E-state index contributed by atoms with van der Waals surface area (Å²) in [7, 11) is 0. The largest absolute Gasteiger partial charge is 0.354 e. The van der Waals surface area contributed by atoms with Gasteiger partial charge in [-0.25, -0.2) is 4.79 Å². The zero-order chi connectivity index (χ0) is 18.9. The lowest BCUT2D eigenvalue weighted by molar-refractivity contribution is -0.121. The number of nitrogens with zero attached hydrogens (tertiary/aromatic N) is 2. The van der Waals surface area contributed by atoms with Crippen LogP contribution in [0.15, 0.2) is 59.4 Å². The molecule has 4 rings (SSSR count). The van der Waals surface area contributed by atoms with E-state index in [0.29, 0.717) is 13.1 Å². The van der Waals surface area contributed by atoms with Gasteiger partial charge >= 0.3 is 5.69 Å². The smallest absolute Gasteiger partial charge is 0.329 e. The number of hydrogen-bond acceptors (Lipinski definition) is 2. The standard InChI is InChI=1S/C22H25N3O2/c1-2-14-24-18-10-6-7-11-19(18)25(21(24)27)15-20(26)23-16-22(12-13-22)17-8-4-3-5-9-17/h3-11H,2,12-16H2,1H3,(H,23,26). The highest BCUT2D eigenvalue weighted by atomic mass is 16.2. The van der Waals surface area contributed by atoms with Gasteiger partial charge in [-0.3, -0.25) is 13.9 Å². The van der Waals surface area contributed by atoms with Crippen LogP contribution in [0, 0.1) is 0 Å². The van der Waals surface area contributed by atoms with E-state index in [1.165, 1.54) is 5.56 Å². The molecular weight excluding hydrogens is 338 g/mol. The third-order valence-corrected chi connectivity index (χ3v) is 5.54. The lowest BCUT2D eigenvalue weighted by atomic mass is 9.96. The first kappa shape index (κ1) is 17.6. The molecule has 0 spiro atoms. The number of benzene rings is 2. The Kier molecular flexibility index (Phi) is 4.60. The summed E-state index contributed by atoms with van der Waals surface area (Å²) in [5, 5.41) is 3.06. The van der Waals surface area contributed by atoms with Gasteiger partial charge in [0.25, 0.3) is 0 Å². The molecule has 0 atom stereocenters. The van der Waals surface area contributed by atoms with Gasteiger partial charge in [0.05, 0.1) is 11.0 Å². The molecule has 0 unspecified atom stereocenters. The number of aromatic nitrogens is 2. The zero-order valence-electron chi connectivity index (χ0n) is 15.6. The summed E-state index contributed by atoms with van der Waals surface area (Å²) in [5.41, 5.74) is 2.94. The Bertz CT molecular complexity index is 1010. The molecule has 1 fully saturated rings. The second kappa shape index (κ2) is 7.06. The summed E-state index contributed by atoms with van der Waals surface area (Å²) in [6, 6.07) is 18.0. The highest BCUT2D eigenvalue weighted by molar-refractivity contribution is 5.81. The zero-order valence-corrected chi connectivity index (χ0v) is 15.6. The van der Waals surface area contributed by atoms with Crippen molar-refractivity contribution in [2.75, 3.05) is 6.54 Å². The number of imidazole rings is 1. The minimum Gasteiger partial charge on any atom is -0.354 e. The molecule has 1 saturated carbocycles. The van der Waals surface area contributed by atoms with E-state index in [1.807, 2.05) is 49.4 Å². The highest BCUT2D eigenvalue weighted by Gasteiger charge is 2.44. The Morgan fingerprint density at radius 1 is 1.00 bits per heavy atom. The molecule has 0 radical (unpaired) electrons. The van der Waals surface area contributed by atoms with Gasteiger partial charge in [0.15, 0.2) is 0 Å². The monoisotopic (exact) mass is 363 g/mol. The van der Waals surface area contributed by atoms with E-state index in [0.717, 1.165) is 30.3 Å². The first-order valence-corrected chi connectivity index (χ1v) is 9.65. The van der Waals surface area contributed by atoms with Crippen LogP contribution >= 0.6 is 0 Å². The van der Waals surface area contributed by atoms with Crippen LogP contribution in [-0.2, 0) is 23.3 Å². The van der Waals surface area contributed by atoms with Gasteiger partial charge in [0.2, 0.25) is 5.91 Å². The molecule has 1 amide bonds. The Morgan fingerprint density at radius 3 is 2.26 bits per heavy atom. The second-order valence-electron chi connectivity index (χ2n) is 7.43. The van der Waals surface area contributed by atoms with Crippen molar-refractivity contribution in [1.82, 2.24) is 14.5 Å². The van der Waals surface area contributed by atoms with E-state index in [-0.39, 0.29) is 23.6 Å². The van der Waals surface area contributed by atoms with Crippen molar-refractivity contribution in [2.24, 2.45) is 0 Å². The number of nitrogens with one attached hydrogen (secondary N) is 1. The molecule has 1 aliphatic carbocycles. The fourth-order valence-electron chi connectivity index (χ4n) is 3.84. The van der Waals surface area contributed by atoms with Crippen molar-refractivity contribution in [1.29, 1.82) is 0 Å². The molecular formula is C22H25N3O2. The van der Waals surface area contributed by atoms with Gasteiger partial charge < -0.3 is 5.32 Å². The molecule has 1 aromatic heterocycles. The summed E-state index contributed by atoms with van der Waals surface area (Å²) in [6.07, 6.45) is 3.06. The van der Waals surface area contributed by atoms with Gasteiger partial charge in [-0.1, -0.05) is 49.4 Å². The maximum atomic E-state index is 12.8. The molecule has 0 aliphatic heterocycles. The number of hydrogen-bond donors (Lipinski definition) is 1. The first-order chi connectivity index (χ1) is 13.1. The van der Waals surface area contributed by atoms with E-state index in [2.05, 4.69) is 17.4 Å². The first-order valence-electron chi connectivity index (χ1n) is 9.65. The number of fused-ring (bicyclic) bond motifs is 1. The molecule has 140 valence electrons. The molecule has 1 aliphatic rings. The molecule has 1 heterocycles. The molecule has 5 heteroatoms. The fraction of sp³-hybridized carbons (Fsp3) is 0.364. The van der Waals surface area contributed by atoms with Crippen molar-refractivity contribution >= 4 is 16.9 Å². The Labute approximate surface area is 158 Å². The number of rotatable bonds is 7. The molecule has 0 saturated heterocycles. The van der Waals surface area contributed by atoms with Crippen LogP contribution < -0.4 is 11.0 Å². The van der Waals surface area contributed by atoms with Crippen molar-refractivity contribution in [3.05, 3.63) is 70.6 Å². The summed E-state index contributed by atoms with van der Waals surface area (Å²) < 4.78 is 3.34. The van der Waals surface area contributed by atoms with Crippen LogP contribution in [0.25, 0.3) is 11.0 Å². The van der Waals surface area contributed by atoms with E-state index in [9.17, 15) is 9.59 Å². The van der Waals surface area contributed by atoms with Crippen molar-refractivity contribution in [3.63, 3.8) is 0 Å². The highest BCUT2D eigenvalue weighted by Crippen LogP contribution is 2.47. The van der Waals surface area contributed by atoms with Gasteiger partial charge in [-0.05, 0) is 37.0 Å². The number of amides is 1. The SMILES string of the molecule is CCCn1c(=O)n(CC(=O)NCC2(c3ccccc3)CC2)c2ccccc21. The molecule has 2 aromatic carbocycles. The molecule has 5 nitrogen and oxygen atoms in total. The molecule has 3 aromatic rings. The van der Waals surface area contributed by atoms with Crippen molar-refractivity contribution < 1.29 is 4.79 Å². The van der Waals surface area contributed by atoms with Crippen LogP contribution in [0.2, 0.25) is 0 Å². The van der Waals surface area contributed by atoms with Crippen LogP contribution in [0.3, 0.4) is 0 Å². The summed E-state index contributed by atoms with van der Waals surface area (Å²) >= 11 is 0. The average Bonchev–Trinajstić information content (AvgIpc) is 3.46. The van der Waals surface area contributed by atoms with Gasteiger partial charge in [0.1, 0.15) is 6.54 Å². The minimum atomic E-state index is -0.114. The van der Waals surface area contributed by atoms with Crippen molar-refractivity contribution in [2.45, 2.75) is 44.7 Å². The molecule has 27 heavy (non-hydrogen) atoms. The van der Waals surface area contributed by atoms with E-state index < -0.39 is 0 Å². The molecule has 0 bridgehead atoms. The lowest BCUT2D eigenvalue weighted by Gasteiger charge is -2.16. The minimum absolute atomic E-state index is 0.0565. The predicted molar refractivity (Wildman–Crippen MR) is 107 cm³/mol. The topological polar surface area (TPSA) is 56.0 Å². The van der Waals surface area contributed by atoms with Crippen LogP contribution in [0.1, 0.15) is 31.7 Å². The number of para-hydroxylation sites is 2. The number of carbonyl (C=O) groups is 1. The van der Waals surface area contributed by atoms with Gasteiger partial charge in [-0.15, -0.1) is 0 Å². The Morgan fingerprint density at radius 2 is 1.63 bits per heavy atom. The lowest BCUT2D eigenvalue weighted by Crippen LogP contribution is -2.37. The predicted octanol–water partition coefficient (Wildman–Crippen LogP) is 3.06. The average molecular weight is 363 g/mol. The van der Waals surface area contributed by atoms with Gasteiger partial charge in [-0.2, -0.15) is 0 Å². The maximum Gasteiger partial charge on any atom is 0.329 e. The maximum absolute atomic E-state index is 12.8. The fourth-order valence-corrected chi connectivity index (χ4v) is 3.84. The Balaban J connectivity index is 1.51. The third kappa shape index (κ3) is 3.29. The van der Waals surface area contributed by atoms with Crippen LogP contribution in [0.5, 0.6) is 0 Å². The third-order valence-electron chi connectivity index (χ3n) is 5.54. The van der Waals surface area contributed by atoms with Gasteiger partial charge in [0, 0.05) is 18.5 Å². The summed E-state index contributed by atoms with van der Waals surface area (Å²) in [6.45, 7) is 3.38. The van der Waals surface area contributed by atoms with E-state index in [4.69, 9.17) is 0 Å². The quantitative estimate of drug-likeness (QED) is 0.701. The van der Waals surface area contributed by atoms with Crippen LogP contribution in [-0.4, -0.2) is 21.6 Å². The summed E-state index contributed by atoms with van der Waals surface area (Å²) in [4.78, 5) is 25.4. The second-order valence-corrected chi connectivity index (χ2v) is 7.43. The van der Waals surface area contributed by atoms with E-state index in [1.54, 1.807) is 9.13 Å². The Hall–Kier alpha value is -2.82. The molecule has 1 N–H and O–H groups in total. The number of aryl methyl sites for hydroxylation is 1. The van der Waals surface area contributed by atoms with Crippen LogP contribution in [0.4, 0.5) is 0 Å². The van der Waals surface area contributed by atoms with E-state index >= 15 is 0 Å².